The number of furan rings is 1. The molecule has 0 aliphatic heterocycles. The van der Waals surface area contributed by atoms with E-state index in [-0.39, 0.29) is 17.6 Å². The van der Waals surface area contributed by atoms with E-state index in [4.69, 9.17) is 4.42 Å². The van der Waals surface area contributed by atoms with Crippen LogP contribution in [0.25, 0.3) is 0 Å². The lowest BCUT2D eigenvalue weighted by atomic mass is 10.1. The third kappa shape index (κ3) is 5.65. The molecule has 0 unspecified atom stereocenters. The number of anilines is 1. The van der Waals surface area contributed by atoms with Crippen LogP contribution in [0.2, 0.25) is 0 Å². The molecule has 32 heavy (non-hydrogen) atoms. The summed E-state index contributed by atoms with van der Waals surface area (Å²) in [5.74, 6) is 0.270. The Morgan fingerprint density at radius 1 is 0.906 bits per heavy atom. The molecule has 2 aromatic carbocycles. The molecule has 0 aliphatic carbocycles. The van der Waals surface area contributed by atoms with Gasteiger partial charge in [-0.1, -0.05) is 30.3 Å². The van der Waals surface area contributed by atoms with Crippen molar-refractivity contribution in [2.45, 2.75) is 17.2 Å². The monoisotopic (exact) mass is 443 g/mol. The number of hydrogen-bond acceptors (Lipinski definition) is 5. The quantitative estimate of drug-likeness (QED) is 0.368. The van der Waals surface area contributed by atoms with Crippen LogP contribution >= 0.6 is 11.8 Å². The van der Waals surface area contributed by atoms with E-state index in [0.717, 1.165) is 16.2 Å². The molecule has 0 saturated heterocycles. The van der Waals surface area contributed by atoms with Crippen LogP contribution in [0.5, 0.6) is 0 Å². The number of rotatable bonds is 8. The van der Waals surface area contributed by atoms with Gasteiger partial charge < -0.3 is 15.1 Å². The Morgan fingerprint density at radius 2 is 1.75 bits per heavy atom. The molecular weight excluding hydrogens is 422 g/mol. The Hall–Kier alpha value is -3.84. The number of nitrogens with zero attached hydrogens (tertiary/aromatic N) is 1. The zero-order valence-electron chi connectivity index (χ0n) is 17.2. The van der Waals surface area contributed by atoms with Gasteiger partial charge in [0.25, 0.3) is 11.8 Å². The fourth-order valence-corrected chi connectivity index (χ4v) is 3.93. The van der Waals surface area contributed by atoms with E-state index in [9.17, 15) is 9.59 Å². The van der Waals surface area contributed by atoms with Crippen LogP contribution in [0.3, 0.4) is 0 Å². The first-order chi connectivity index (χ1) is 15.7. The summed E-state index contributed by atoms with van der Waals surface area (Å²) in [4.78, 5) is 30.6. The molecular formula is C25H21N3O3S. The van der Waals surface area contributed by atoms with Crippen LogP contribution < -0.4 is 10.6 Å². The van der Waals surface area contributed by atoms with Crippen molar-refractivity contribution in [2.24, 2.45) is 0 Å². The molecule has 0 atom stereocenters. The predicted octanol–water partition coefficient (Wildman–Crippen LogP) is 5.15. The van der Waals surface area contributed by atoms with Crippen molar-refractivity contribution in [2.75, 3.05) is 5.32 Å². The first-order valence-electron chi connectivity index (χ1n) is 10.0. The van der Waals surface area contributed by atoms with Gasteiger partial charge in [-0.25, -0.2) is 0 Å². The van der Waals surface area contributed by atoms with E-state index < -0.39 is 0 Å². The Morgan fingerprint density at radius 3 is 2.56 bits per heavy atom. The van der Waals surface area contributed by atoms with Gasteiger partial charge in [0.1, 0.15) is 0 Å². The smallest absolute Gasteiger partial charge is 0.291 e. The van der Waals surface area contributed by atoms with E-state index in [0.29, 0.717) is 23.5 Å². The summed E-state index contributed by atoms with van der Waals surface area (Å²) in [6.45, 7) is 0.325. The SMILES string of the molecule is O=C(NCc1ccccn1)c1cccc(NC(=O)c2occc2CSc2ccccc2)c1. The Labute approximate surface area is 190 Å². The van der Waals surface area contributed by atoms with E-state index in [1.54, 1.807) is 48.3 Å². The number of carbonyl (C=O) groups excluding carboxylic acids is 2. The van der Waals surface area contributed by atoms with Crippen LogP contribution in [-0.4, -0.2) is 16.8 Å². The standard InChI is InChI=1S/C25H21N3O3S/c29-24(27-16-21-8-4-5-13-26-21)18-7-6-9-20(15-18)28-25(30)23-19(12-14-31-23)17-32-22-10-2-1-3-11-22/h1-15H,16-17H2,(H,27,29)(H,28,30). The molecule has 0 fully saturated rings. The summed E-state index contributed by atoms with van der Waals surface area (Å²) in [6, 6.07) is 24.1. The van der Waals surface area contributed by atoms with Crippen molar-refractivity contribution in [3.8, 4) is 0 Å². The van der Waals surface area contributed by atoms with E-state index in [2.05, 4.69) is 15.6 Å². The number of benzene rings is 2. The highest BCUT2D eigenvalue weighted by molar-refractivity contribution is 7.98. The highest BCUT2D eigenvalue weighted by Gasteiger charge is 2.16. The van der Waals surface area contributed by atoms with Gasteiger partial charge in [0.2, 0.25) is 0 Å². The number of thioether (sulfide) groups is 1. The lowest BCUT2D eigenvalue weighted by Crippen LogP contribution is -2.23. The van der Waals surface area contributed by atoms with Gasteiger partial charge in [0, 0.05) is 33.7 Å². The van der Waals surface area contributed by atoms with Crippen molar-refractivity contribution in [1.29, 1.82) is 0 Å². The molecule has 0 aliphatic rings. The minimum Gasteiger partial charge on any atom is -0.459 e. The molecule has 0 bridgehead atoms. The molecule has 2 heterocycles. The van der Waals surface area contributed by atoms with Gasteiger partial charge in [-0.15, -0.1) is 11.8 Å². The molecule has 7 heteroatoms. The van der Waals surface area contributed by atoms with Gasteiger partial charge in [-0.2, -0.15) is 0 Å². The number of nitrogens with one attached hydrogen (secondary N) is 2. The highest BCUT2D eigenvalue weighted by Crippen LogP contribution is 2.25. The zero-order valence-corrected chi connectivity index (χ0v) is 18.0. The lowest BCUT2D eigenvalue weighted by molar-refractivity contribution is 0.0948. The van der Waals surface area contributed by atoms with E-state index in [1.165, 1.54) is 6.26 Å². The molecule has 4 aromatic rings. The second-order valence-corrected chi connectivity index (χ2v) is 7.96. The van der Waals surface area contributed by atoms with Crippen LogP contribution in [0.15, 0.2) is 101 Å². The minimum absolute atomic E-state index is 0.246. The maximum atomic E-state index is 12.8. The lowest BCUT2D eigenvalue weighted by Gasteiger charge is -2.08. The number of aromatic nitrogens is 1. The minimum atomic E-state index is -0.357. The second-order valence-electron chi connectivity index (χ2n) is 6.92. The second kappa shape index (κ2) is 10.5. The van der Waals surface area contributed by atoms with Gasteiger partial charge in [-0.05, 0) is 48.5 Å². The molecule has 0 saturated carbocycles. The first kappa shape index (κ1) is 21.4. The van der Waals surface area contributed by atoms with Crippen LogP contribution in [0.1, 0.15) is 32.2 Å². The van der Waals surface area contributed by atoms with Crippen molar-refractivity contribution >= 4 is 29.3 Å². The number of amides is 2. The topological polar surface area (TPSA) is 84.2 Å². The normalized spacial score (nSPS) is 10.5. The molecule has 0 spiro atoms. The van der Waals surface area contributed by atoms with Gasteiger partial charge in [-0.3, -0.25) is 14.6 Å². The molecule has 0 radical (unpaired) electrons. The molecule has 6 nitrogen and oxygen atoms in total. The van der Waals surface area contributed by atoms with Gasteiger partial charge in [0.15, 0.2) is 5.76 Å². The maximum Gasteiger partial charge on any atom is 0.291 e. The summed E-state index contributed by atoms with van der Waals surface area (Å²) >= 11 is 1.63. The average molecular weight is 444 g/mol. The van der Waals surface area contributed by atoms with Gasteiger partial charge in [0.05, 0.1) is 18.5 Å². The number of hydrogen-bond donors (Lipinski definition) is 2. The van der Waals surface area contributed by atoms with Crippen LogP contribution in [0.4, 0.5) is 5.69 Å². The third-order valence-electron chi connectivity index (χ3n) is 4.63. The summed E-state index contributed by atoms with van der Waals surface area (Å²) < 4.78 is 5.44. The van der Waals surface area contributed by atoms with E-state index >= 15 is 0 Å². The third-order valence-corrected chi connectivity index (χ3v) is 5.69. The first-order valence-corrected chi connectivity index (χ1v) is 11.0. The molecule has 160 valence electrons. The van der Waals surface area contributed by atoms with E-state index in [1.807, 2.05) is 48.5 Å². The van der Waals surface area contributed by atoms with Crippen molar-refractivity contribution in [3.63, 3.8) is 0 Å². The number of carbonyl (C=O) groups is 2. The summed E-state index contributed by atoms with van der Waals surface area (Å²) in [6.07, 6.45) is 3.19. The van der Waals surface area contributed by atoms with Crippen LogP contribution in [0, 0.1) is 0 Å². The summed E-state index contributed by atoms with van der Waals surface area (Å²) in [5, 5.41) is 5.65. The summed E-state index contributed by atoms with van der Waals surface area (Å²) in [7, 11) is 0. The largest absolute Gasteiger partial charge is 0.459 e. The molecule has 2 N–H and O–H groups in total. The van der Waals surface area contributed by atoms with Crippen molar-refractivity contribution < 1.29 is 14.0 Å². The zero-order chi connectivity index (χ0) is 22.2. The summed E-state index contributed by atoms with van der Waals surface area (Å²) in [5.41, 5.74) is 2.53. The van der Waals surface area contributed by atoms with Crippen molar-refractivity contribution in [3.05, 3.63) is 114 Å². The molecule has 4 rings (SSSR count). The predicted molar refractivity (Wildman–Crippen MR) is 125 cm³/mol. The number of pyridine rings is 1. The fraction of sp³-hybridized carbons (Fsp3) is 0.0800. The Bertz CT molecular complexity index is 1190. The van der Waals surface area contributed by atoms with Gasteiger partial charge >= 0.3 is 0 Å². The molecule has 2 aromatic heterocycles. The molecule has 2 amide bonds. The highest BCUT2D eigenvalue weighted by atomic mass is 32.2. The van der Waals surface area contributed by atoms with Crippen LogP contribution in [-0.2, 0) is 12.3 Å². The Kier molecular flexibility index (Phi) is 6.99. The maximum absolute atomic E-state index is 12.8. The average Bonchev–Trinajstić information content (AvgIpc) is 3.32. The van der Waals surface area contributed by atoms with Crippen molar-refractivity contribution in [1.82, 2.24) is 10.3 Å². The Balaban J connectivity index is 1.38. The fourth-order valence-electron chi connectivity index (χ4n) is 3.03.